The summed E-state index contributed by atoms with van der Waals surface area (Å²) < 4.78 is 34.1. The summed E-state index contributed by atoms with van der Waals surface area (Å²) >= 11 is 0. The Labute approximate surface area is 196 Å². The second kappa shape index (κ2) is 9.67. The third-order valence-corrected chi connectivity index (χ3v) is 7.40. The number of anilines is 2. The van der Waals surface area contributed by atoms with Gasteiger partial charge in [-0.25, -0.2) is 8.42 Å². The van der Waals surface area contributed by atoms with Crippen LogP contribution in [0.1, 0.15) is 27.8 Å². The first-order chi connectivity index (χ1) is 15.5. The Morgan fingerprint density at radius 1 is 0.848 bits per heavy atom. The van der Waals surface area contributed by atoms with Gasteiger partial charge < -0.3 is 10.1 Å². The molecule has 1 amide bonds. The molecular weight excluding hydrogens is 436 g/mol. The number of aryl methyl sites for hydroxylation is 5. The Bertz CT molecular complexity index is 1300. The first-order valence-corrected chi connectivity index (χ1v) is 12.1. The Balaban J connectivity index is 2.05. The zero-order valence-electron chi connectivity index (χ0n) is 19.9. The number of hydrogen-bond donors (Lipinski definition) is 1. The van der Waals surface area contributed by atoms with Crippen LogP contribution in [0.4, 0.5) is 11.4 Å². The molecule has 0 saturated heterocycles. The smallest absolute Gasteiger partial charge is 0.268 e. The van der Waals surface area contributed by atoms with Crippen molar-refractivity contribution in [2.24, 2.45) is 0 Å². The molecule has 3 rings (SSSR count). The van der Waals surface area contributed by atoms with Crippen molar-refractivity contribution < 1.29 is 17.9 Å². The predicted octanol–water partition coefficient (Wildman–Crippen LogP) is 5.07. The van der Waals surface area contributed by atoms with E-state index in [1.165, 1.54) is 7.11 Å². The number of nitrogens with one attached hydrogen (secondary N) is 1. The minimum absolute atomic E-state index is 0.0162. The molecule has 3 aromatic rings. The van der Waals surface area contributed by atoms with Gasteiger partial charge in [-0.15, -0.1) is 0 Å². The van der Waals surface area contributed by atoms with Crippen molar-refractivity contribution in [1.82, 2.24) is 0 Å². The van der Waals surface area contributed by atoms with Crippen LogP contribution in [0.2, 0.25) is 0 Å². The van der Waals surface area contributed by atoms with Gasteiger partial charge in [-0.1, -0.05) is 29.8 Å². The molecule has 0 aliphatic carbocycles. The van der Waals surface area contributed by atoms with E-state index in [-0.39, 0.29) is 17.2 Å². The molecule has 0 saturated carbocycles. The minimum atomic E-state index is -4.11. The van der Waals surface area contributed by atoms with Gasteiger partial charge in [0.05, 0.1) is 12.8 Å². The van der Waals surface area contributed by atoms with E-state index in [0.29, 0.717) is 11.4 Å². The quantitative estimate of drug-likeness (QED) is 0.527. The third kappa shape index (κ3) is 5.37. The van der Waals surface area contributed by atoms with Crippen molar-refractivity contribution in [3.05, 3.63) is 82.4 Å². The number of benzene rings is 3. The van der Waals surface area contributed by atoms with Crippen molar-refractivity contribution in [2.75, 3.05) is 23.3 Å². The normalized spacial score (nSPS) is 11.2. The van der Waals surface area contributed by atoms with E-state index in [2.05, 4.69) is 5.32 Å². The van der Waals surface area contributed by atoms with Crippen LogP contribution in [0.5, 0.6) is 5.75 Å². The topological polar surface area (TPSA) is 75.7 Å². The molecule has 174 valence electrons. The first kappa shape index (κ1) is 24.3. The number of nitrogens with zero attached hydrogens (tertiary/aromatic N) is 1. The summed E-state index contributed by atoms with van der Waals surface area (Å²) in [5.41, 5.74) is 5.78. The molecule has 0 radical (unpaired) electrons. The van der Waals surface area contributed by atoms with Crippen molar-refractivity contribution >= 4 is 27.3 Å². The third-order valence-electron chi connectivity index (χ3n) is 5.61. The molecule has 3 aromatic carbocycles. The zero-order valence-corrected chi connectivity index (χ0v) is 20.7. The SMILES string of the molecule is COc1ccc(C)cc1S(=O)(=O)N(CC(=O)Nc1ccc(C)cc1C)c1ccc(C)c(C)c1. The molecule has 0 bridgehead atoms. The second-order valence-electron chi connectivity index (χ2n) is 8.30. The van der Waals surface area contributed by atoms with Gasteiger partial charge in [0.1, 0.15) is 17.2 Å². The molecular formula is C26H30N2O4S. The maximum absolute atomic E-state index is 13.8. The van der Waals surface area contributed by atoms with Gasteiger partial charge in [-0.05, 0) is 87.2 Å². The summed E-state index contributed by atoms with van der Waals surface area (Å²) in [5, 5.41) is 2.85. The fourth-order valence-corrected chi connectivity index (χ4v) is 5.23. The Kier molecular flexibility index (Phi) is 7.12. The molecule has 0 unspecified atom stereocenters. The number of carbonyl (C=O) groups is 1. The van der Waals surface area contributed by atoms with Crippen molar-refractivity contribution in [2.45, 2.75) is 39.5 Å². The van der Waals surface area contributed by atoms with E-state index in [1.807, 2.05) is 58.9 Å². The number of rotatable bonds is 7. The predicted molar refractivity (Wildman–Crippen MR) is 133 cm³/mol. The van der Waals surface area contributed by atoms with Gasteiger partial charge in [-0.2, -0.15) is 0 Å². The lowest BCUT2D eigenvalue weighted by molar-refractivity contribution is -0.114. The van der Waals surface area contributed by atoms with Crippen molar-refractivity contribution in [3.63, 3.8) is 0 Å². The van der Waals surface area contributed by atoms with Crippen LogP contribution in [-0.4, -0.2) is 28.0 Å². The summed E-state index contributed by atoms with van der Waals surface area (Å²) in [6.07, 6.45) is 0. The van der Waals surface area contributed by atoms with Crippen LogP contribution < -0.4 is 14.4 Å². The summed E-state index contributed by atoms with van der Waals surface area (Å²) in [7, 11) is -2.68. The van der Waals surface area contributed by atoms with Gasteiger partial charge >= 0.3 is 0 Å². The van der Waals surface area contributed by atoms with Gasteiger partial charge in [0.25, 0.3) is 10.0 Å². The molecule has 0 aliphatic rings. The van der Waals surface area contributed by atoms with Crippen LogP contribution in [0.3, 0.4) is 0 Å². The van der Waals surface area contributed by atoms with Crippen molar-refractivity contribution in [1.29, 1.82) is 0 Å². The lowest BCUT2D eigenvalue weighted by atomic mass is 10.1. The molecule has 0 aliphatic heterocycles. The van der Waals surface area contributed by atoms with Gasteiger partial charge in [0, 0.05) is 5.69 Å². The van der Waals surface area contributed by atoms with E-state index < -0.39 is 15.9 Å². The average Bonchev–Trinajstić information content (AvgIpc) is 2.76. The fraction of sp³-hybridized carbons (Fsp3) is 0.269. The van der Waals surface area contributed by atoms with E-state index in [4.69, 9.17) is 4.74 Å². The number of ether oxygens (including phenoxy) is 1. The highest BCUT2D eigenvalue weighted by molar-refractivity contribution is 7.93. The lowest BCUT2D eigenvalue weighted by Crippen LogP contribution is -2.38. The Morgan fingerprint density at radius 2 is 1.52 bits per heavy atom. The molecule has 33 heavy (non-hydrogen) atoms. The van der Waals surface area contributed by atoms with E-state index in [0.717, 1.165) is 32.1 Å². The van der Waals surface area contributed by atoms with E-state index in [1.54, 1.807) is 30.3 Å². The number of hydrogen-bond acceptors (Lipinski definition) is 4. The van der Waals surface area contributed by atoms with Gasteiger partial charge in [0.15, 0.2) is 0 Å². The van der Waals surface area contributed by atoms with E-state index in [9.17, 15) is 13.2 Å². The average molecular weight is 467 g/mol. The summed E-state index contributed by atoms with van der Waals surface area (Å²) in [6.45, 7) is 9.17. The number of sulfonamides is 1. The lowest BCUT2D eigenvalue weighted by Gasteiger charge is -2.26. The first-order valence-electron chi connectivity index (χ1n) is 10.6. The van der Waals surface area contributed by atoms with Gasteiger partial charge in [-0.3, -0.25) is 9.10 Å². The monoisotopic (exact) mass is 466 g/mol. The van der Waals surface area contributed by atoms with Gasteiger partial charge in [0.2, 0.25) is 5.91 Å². The highest BCUT2D eigenvalue weighted by Gasteiger charge is 2.30. The molecule has 0 atom stereocenters. The van der Waals surface area contributed by atoms with Crippen LogP contribution in [0.15, 0.2) is 59.5 Å². The molecule has 7 heteroatoms. The summed E-state index contributed by atoms with van der Waals surface area (Å²) in [6, 6.07) is 16.0. The number of amides is 1. The second-order valence-corrected chi connectivity index (χ2v) is 10.1. The Hall–Kier alpha value is -3.32. The van der Waals surface area contributed by atoms with Crippen LogP contribution in [0.25, 0.3) is 0 Å². The summed E-state index contributed by atoms with van der Waals surface area (Å²) in [4.78, 5) is 13.1. The minimum Gasteiger partial charge on any atom is -0.495 e. The van der Waals surface area contributed by atoms with Crippen LogP contribution in [-0.2, 0) is 14.8 Å². The van der Waals surface area contributed by atoms with E-state index >= 15 is 0 Å². The van der Waals surface area contributed by atoms with Crippen LogP contribution in [0, 0.1) is 34.6 Å². The fourth-order valence-electron chi connectivity index (χ4n) is 3.57. The maximum Gasteiger partial charge on any atom is 0.268 e. The zero-order chi connectivity index (χ0) is 24.3. The van der Waals surface area contributed by atoms with Crippen LogP contribution >= 0.6 is 0 Å². The number of methoxy groups -OCH3 is 1. The molecule has 0 heterocycles. The highest BCUT2D eigenvalue weighted by Crippen LogP contribution is 2.32. The highest BCUT2D eigenvalue weighted by atomic mass is 32.2. The molecule has 6 nitrogen and oxygen atoms in total. The largest absolute Gasteiger partial charge is 0.495 e. The maximum atomic E-state index is 13.8. The van der Waals surface area contributed by atoms with Crippen molar-refractivity contribution in [3.8, 4) is 5.75 Å². The standard InChI is InChI=1S/C26H30N2O4S/c1-17-7-11-23(21(5)13-17)27-26(29)16-28(22-10-9-19(3)20(4)15-22)33(30,31)25-14-18(2)8-12-24(25)32-6/h7-15H,16H2,1-6H3,(H,27,29). The number of carbonyl (C=O) groups excluding carboxylic acids is 1. The summed E-state index contributed by atoms with van der Waals surface area (Å²) in [5.74, 6) is -0.209. The molecule has 0 spiro atoms. The molecule has 1 N–H and O–H groups in total. The molecule has 0 fully saturated rings. The Morgan fingerprint density at radius 3 is 2.15 bits per heavy atom. The molecule has 0 aromatic heterocycles.